The Morgan fingerprint density at radius 2 is 1.96 bits per heavy atom. The maximum absolute atomic E-state index is 13.3. The molecule has 0 aliphatic heterocycles. The average molecular weight is 399 g/mol. The van der Waals surface area contributed by atoms with Crippen molar-refractivity contribution in [2.75, 3.05) is 0 Å². The van der Waals surface area contributed by atoms with E-state index in [-0.39, 0.29) is 15.6 Å². The third-order valence-electron chi connectivity index (χ3n) is 4.10. The van der Waals surface area contributed by atoms with E-state index in [1.54, 1.807) is 12.1 Å². The molecule has 0 radical (unpaired) electrons. The Balaban J connectivity index is 1.58. The minimum absolute atomic E-state index is 0.0847. The van der Waals surface area contributed by atoms with Gasteiger partial charge in [0.1, 0.15) is 16.4 Å². The number of aromatic hydroxyl groups is 1. The van der Waals surface area contributed by atoms with Crippen LogP contribution in [-0.4, -0.2) is 17.2 Å². The van der Waals surface area contributed by atoms with Crippen LogP contribution in [0, 0.1) is 5.82 Å². The standard InChI is InChI=1S/C20H12ClFN2O2S/c21-17-15-8-7-13(22)9-16(15)27-19(17)20(26)24-23-10-12-6-5-11-3-1-2-4-14(11)18(12)25/h1-10,25H,(H,24,26)/b23-10+. The van der Waals surface area contributed by atoms with E-state index in [4.69, 9.17) is 11.6 Å². The van der Waals surface area contributed by atoms with E-state index >= 15 is 0 Å². The highest BCUT2D eigenvalue weighted by Gasteiger charge is 2.17. The molecule has 1 aromatic heterocycles. The number of hydrazone groups is 1. The highest BCUT2D eigenvalue weighted by molar-refractivity contribution is 7.21. The quantitative estimate of drug-likeness (QED) is 0.362. The number of nitrogens with zero attached hydrogens (tertiary/aromatic N) is 1. The largest absolute Gasteiger partial charge is 0.507 e. The average Bonchev–Trinajstić information content (AvgIpc) is 2.99. The summed E-state index contributed by atoms with van der Waals surface area (Å²) in [4.78, 5) is 12.6. The fourth-order valence-electron chi connectivity index (χ4n) is 2.77. The number of hydrogen-bond donors (Lipinski definition) is 2. The molecule has 4 rings (SSSR count). The van der Waals surface area contributed by atoms with Crippen LogP contribution in [0.5, 0.6) is 5.75 Å². The van der Waals surface area contributed by atoms with Crippen LogP contribution < -0.4 is 5.43 Å². The van der Waals surface area contributed by atoms with Gasteiger partial charge in [-0.25, -0.2) is 9.82 Å². The molecule has 0 atom stereocenters. The van der Waals surface area contributed by atoms with Crippen molar-refractivity contribution in [3.05, 3.63) is 75.9 Å². The maximum atomic E-state index is 13.3. The molecule has 1 heterocycles. The first-order valence-corrected chi connectivity index (χ1v) is 9.15. The van der Waals surface area contributed by atoms with Crippen molar-refractivity contribution in [2.45, 2.75) is 0 Å². The monoisotopic (exact) mass is 398 g/mol. The highest BCUT2D eigenvalue weighted by Crippen LogP contribution is 2.35. The zero-order valence-electron chi connectivity index (χ0n) is 13.7. The van der Waals surface area contributed by atoms with Crippen LogP contribution in [0.2, 0.25) is 5.02 Å². The van der Waals surface area contributed by atoms with Gasteiger partial charge < -0.3 is 5.11 Å². The molecule has 4 aromatic rings. The summed E-state index contributed by atoms with van der Waals surface area (Å²) in [5, 5.41) is 16.7. The van der Waals surface area contributed by atoms with Gasteiger partial charge in [0.15, 0.2) is 0 Å². The van der Waals surface area contributed by atoms with Gasteiger partial charge in [-0.05, 0) is 29.7 Å². The van der Waals surface area contributed by atoms with Gasteiger partial charge in [-0.1, -0.05) is 41.9 Å². The normalized spacial score (nSPS) is 11.5. The molecule has 0 unspecified atom stereocenters. The second-order valence-electron chi connectivity index (χ2n) is 5.81. The van der Waals surface area contributed by atoms with Gasteiger partial charge in [-0.3, -0.25) is 4.79 Å². The van der Waals surface area contributed by atoms with Crippen LogP contribution in [0.4, 0.5) is 4.39 Å². The number of phenolic OH excluding ortho intramolecular Hbond substituents is 1. The van der Waals surface area contributed by atoms with E-state index in [2.05, 4.69) is 10.5 Å². The molecule has 0 bridgehead atoms. The summed E-state index contributed by atoms with van der Waals surface area (Å²) in [5.74, 6) is -0.809. The highest BCUT2D eigenvalue weighted by atomic mass is 35.5. The summed E-state index contributed by atoms with van der Waals surface area (Å²) in [5.41, 5.74) is 2.86. The molecular weight excluding hydrogens is 387 g/mol. The van der Waals surface area contributed by atoms with Gasteiger partial charge in [0, 0.05) is 21.0 Å². The Bertz CT molecular complexity index is 1220. The number of carbonyl (C=O) groups is 1. The van der Waals surface area contributed by atoms with Crippen LogP contribution in [0.15, 0.2) is 59.7 Å². The lowest BCUT2D eigenvalue weighted by Crippen LogP contribution is -2.16. The van der Waals surface area contributed by atoms with E-state index in [0.717, 1.165) is 16.7 Å². The molecule has 2 N–H and O–H groups in total. The molecule has 0 spiro atoms. The molecular formula is C20H12ClFN2O2S. The Morgan fingerprint density at radius 3 is 2.81 bits per heavy atom. The third kappa shape index (κ3) is 3.25. The summed E-state index contributed by atoms with van der Waals surface area (Å²) in [6, 6.07) is 15.1. The Morgan fingerprint density at radius 1 is 1.15 bits per heavy atom. The first kappa shape index (κ1) is 17.5. The van der Waals surface area contributed by atoms with Gasteiger partial charge in [0.05, 0.1) is 11.2 Å². The molecule has 3 aromatic carbocycles. The number of rotatable bonds is 3. The molecule has 0 saturated carbocycles. The smallest absolute Gasteiger partial charge is 0.283 e. The second-order valence-corrected chi connectivity index (χ2v) is 7.24. The van der Waals surface area contributed by atoms with Gasteiger partial charge in [-0.15, -0.1) is 11.3 Å². The fourth-order valence-corrected chi connectivity index (χ4v) is 4.20. The van der Waals surface area contributed by atoms with Crippen molar-refractivity contribution in [3.8, 4) is 5.75 Å². The minimum atomic E-state index is -0.502. The van der Waals surface area contributed by atoms with Crippen LogP contribution in [0.25, 0.3) is 20.9 Å². The zero-order chi connectivity index (χ0) is 19.0. The number of thiophene rings is 1. The molecule has 0 fully saturated rings. The van der Waals surface area contributed by atoms with Crippen molar-refractivity contribution in [2.24, 2.45) is 5.10 Å². The lowest BCUT2D eigenvalue weighted by atomic mass is 10.1. The number of nitrogens with one attached hydrogen (secondary N) is 1. The summed E-state index contributed by atoms with van der Waals surface area (Å²) in [6.07, 6.45) is 1.36. The van der Waals surface area contributed by atoms with E-state index in [1.807, 2.05) is 24.3 Å². The lowest BCUT2D eigenvalue weighted by Gasteiger charge is -2.04. The van der Waals surface area contributed by atoms with Crippen molar-refractivity contribution >= 4 is 55.9 Å². The third-order valence-corrected chi connectivity index (χ3v) is 5.76. The van der Waals surface area contributed by atoms with E-state index < -0.39 is 11.7 Å². The number of halogens is 2. The number of amides is 1. The van der Waals surface area contributed by atoms with Crippen LogP contribution in [0.3, 0.4) is 0 Å². The molecule has 1 amide bonds. The number of hydrogen-bond acceptors (Lipinski definition) is 4. The number of phenols is 1. The van der Waals surface area contributed by atoms with Crippen LogP contribution in [0.1, 0.15) is 15.2 Å². The van der Waals surface area contributed by atoms with Gasteiger partial charge in [0.2, 0.25) is 0 Å². The van der Waals surface area contributed by atoms with E-state index in [1.165, 1.54) is 24.4 Å². The van der Waals surface area contributed by atoms with Crippen LogP contribution >= 0.6 is 22.9 Å². The SMILES string of the molecule is O=C(N/N=C/c1ccc2ccccc2c1O)c1sc2cc(F)ccc2c1Cl. The van der Waals surface area contributed by atoms with E-state index in [9.17, 15) is 14.3 Å². The molecule has 7 heteroatoms. The molecule has 27 heavy (non-hydrogen) atoms. The summed E-state index contributed by atoms with van der Waals surface area (Å²) in [6.45, 7) is 0. The van der Waals surface area contributed by atoms with Crippen LogP contribution in [-0.2, 0) is 0 Å². The molecule has 0 aliphatic carbocycles. The number of carbonyl (C=O) groups excluding carboxylic acids is 1. The summed E-state index contributed by atoms with van der Waals surface area (Å²) in [7, 11) is 0. The van der Waals surface area contributed by atoms with Crippen molar-refractivity contribution in [3.63, 3.8) is 0 Å². The first-order chi connectivity index (χ1) is 13.0. The van der Waals surface area contributed by atoms with Gasteiger partial charge >= 0.3 is 0 Å². The van der Waals surface area contributed by atoms with Crippen molar-refractivity contribution in [1.29, 1.82) is 0 Å². The number of fused-ring (bicyclic) bond motifs is 2. The maximum Gasteiger partial charge on any atom is 0.283 e. The Hall–Kier alpha value is -2.96. The second kappa shape index (κ2) is 6.98. The topological polar surface area (TPSA) is 61.7 Å². The Labute approximate surface area is 162 Å². The predicted octanol–water partition coefficient (Wildman–Crippen LogP) is 5.32. The summed E-state index contributed by atoms with van der Waals surface area (Å²) < 4.78 is 13.9. The predicted molar refractivity (Wildman–Crippen MR) is 107 cm³/mol. The molecule has 134 valence electrons. The van der Waals surface area contributed by atoms with Crippen molar-refractivity contribution in [1.82, 2.24) is 5.43 Å². The van der Waals surface area contributed by atoms with Gasteiger partial charge in [-0.2, -0.15) is 5.10 Å². The molecule has 4 nitrogen and oxygen atoms in total. The molecule has 0 saturated heterocycles. The Kier molecular flexibility index (Phi) is 4.51. The van der Waals surface area contributed by atoms with Gasteiger partial charge in [0.25, 0.3) is 5.91 Å². The van der Waals surface area contributed by atoms with Crippen molar-refractivity contribution < 1.29 is 14.3 Å². The first-order valence-electron chi connectivity index (χ1n) is 7.96. The molecule has 0 aliphatic rings. The minimum Gasteiger partial charge on any atom is -0.507 e. The fraction of sp³-hybridized carbons (Fsp3) is 0. The number of benzene rings is 3. The zero-order valence-corrected chi connectivity index (χ0v) is 15.3. The van der Waals surface area contributed by atoms with E-state index in [0.29, 0.717) is 21.0 Å². The lowest BCUT2D eigenvalue weighted by molar-refractivity contribution is 0.0959. The summed E-state index contributed by atoms with van der Waals surface area (Å²) >= 11 is 7.32.